The van der Waals surface area contributed by atoms with Gasteiger partial charge >= 0.3 is 0 Å². The SMILES string of the molecule is Nc1sc(-c2c(F)cccc2F)nc1C(=O)Nc1cnn(CC2COC2)c1N1CCCNCC1. The summed E-state index contributed by atoms with van der Waals surface area (Å²) in [5.41, 5.74) is 6.19. The summed E-state index contributed by atoms with van der Waals surface area (Å²) < 4.78 is 35.6. The van der Waals surface area contributed by atoms with Crippen LogP contribution in [0.25, 0.3) is 10.6 Å². The number of nitrogens with zero attached hydrogens (tertiary/aromatic N) is 4. The van der Waals surface area contributed by atoms with Crippen molar-refractivity contribution < 1.29 is 18.3 Å². The fourth-order valence-electron chi connectivity index (χ4n) is 4.11. The summed E-state index contributed by atoms with van der Waals surface area (Å²) >= 11 is 0.866. The van der Waals surface area contributed by atoms with Gasteiger partial charge in [0.15, 0.2) is 11.5 Å². The highest BCUT2D eigenvalue weighted by atomic mass is 32.1. The van der Waals surface area contributed by atoms with Crippen molar-refractivity contribution in [2.24, 2.45) is 5.92 Å². The number of hydrogen-bond acceptors (Lipinski definition) is 8. The number of rotatable bonds is 6. The number of nitrogen functional groups attached to an aromatic ring is 1. The van der Waals surface area contributed by atoms with Crippen molar-refractivity contribution in [3.63, 3.8) is 0 Å². The highest BCUT2D eigenvalue weighted by molar-refractivity contribution is 7.19. The van der Waals surface area contributed by atoms with Crippen molar-refractivity contribution >= 4 is 33.8 Å². The second kappa shape index (κ2) is 9.65. The molecule has 2 aromatic heterocycles. The van der Waals surface area contributed by atoms with E-state index in [2.05, 4.69) is 25.6 Å². The van der Waals surface area contributed by atoms with Crippen molar-refractivity contribution in [1.82, 2.24) is 20.1 Å². The van der Waals surface area contributed by atoms with Gasteiger partial charge < -0.3 is 26.0 Å². The zero-order valence-corrected chi connectivity index (χ0v) is 19.2. The summed E-state index contributed by atoms with van der Waals surface area (Å²) in [6.07, 6.45) is 2.58. The van der Waals surface area contributed by atoms with Gasteiger partial charge in [0.05, 0.1) is 31.5 Å². The summed E-state index contributed by atoms with van der Waals surface area (Å²) in [5.74, 6) is -0.895. The number of halogens is 2. The van der Waals surface area contributed by atoms with Crippen LogP contribution < -0.4 is 21.3 Å². The van der Waals surface area contributed by atoms with Crippen LogP contribution in [-0.4, -0.2) is 60.1 Å². The summed E-state index contributed by atoms with van der Waals surface area (Å²) in [5, 5.41) is 10.9. The molecule has 2 aliphatic heterocycles. The van der Waals surface area contributed by atoms with Crippen molar-refractivity contribution in [2.45, 2.75) is 13.0 Å². The van der Waals surface area contributed by atoms with Crippen LogP contribution >= 0.6 is 11.3 Å². The monoisotopic (exact) mass is 489 g/mol. The molecular weight excluding hydrogens is 464 g/mol. The zero-order chi connectivity index (χ0) is 23.7. The number of ether oxygens (including phenoxy) is 1. The number of hydrogen-bond donors (Lipinski definition) is 3. The third-order valence-electron chi connectivity index (χ3n) is 5.88. The van der Waals surface area contributed by atoms with Gasteiger partial charge in [0.25, 0.3) is 5.91 Å². The predicted molar refractivity (Wildman–Crippen MR) is 126 cm³/mol. The second-order valence-electron chi connectivity index (χ2n) is 8.34. The van der Waals surface area contributed by atoms with E-state index >= 15 is 0 Å². The molecule has 4 heterocycles. The molecule has 2 saturated heterocycles. The largest absolute Gasteiger partial charge is 0.389 e. The Morgan fingerprint density at radius 3 is 2.79 bits per heavy atom. The molecule has 2 fully saturated rings. The summed E-state index contributed by atoms with van der Waals surface area (Å²) in [6.45, 7) is 5.39. The Labute approximate surface area is 198 Å². The van der Waals surface area contributed by atoms with E-state index in [9.17, 15) is 13.6 Å². The lowest BCUT2D eigenvalue weighted by atomic mass is 10.1. The molecular formula is C22H25F2N7O2S. The average Bonchev–Trinajstić information content (AvgIpc) is 3.23. The minimum atomic E-state index is -0.765. The number of carbonyl (C=O) groups is 1. The lowest BCUT2D eigenvalue weighted by molar-refractivity contribution is -0.0406. The average molecular weight is 490 g/mol. The molecule has 12 heteroatoms. The number of thiazole rings is 1. The van der Waals surface area contributed by atoms with Crippen molar-refractivity contribution in [1.29, 1.82) is 0 Å². The Bertz CT molecular complexity index is 1170. The smallest absolute Gasteiger partial charge is 0.277 e. The molecule has 1 aromatic carbocycles. The molecule has 0 bridgehead atoms. The maximum atomic E-state index is 14.2. The number of anilines is 3. The lowest BCUT2D eigenvalue weighted by Gasteiger charge is -2.29. The molecule has 0 saturated carbocycles. The van der Waals surface area contributed by atoms with Crippen molar-refractivity contribution in [3.8, 4) is 10.6 Å². The minimum Gasteiger partial charge on any atom is -0.389 e. The molecule has 3 aromatic rings. The molecule has 2 aliphatic rings. The van der Waals surface area contributed by atoms with Gasteiger partial charge in [0, 0.05) is 25.6 Å². The van der Waals surface area contributed by atoms with Crippen LogP contribution in [0.3, 0.4) is 0 Å². The van der Waals surface area contributed by atoms with Crippen LogP contribution in [0.2, 0.25) is 0 Å². The van der Waals surface area contributed by atoms with E-state index < -0.39 is 17.5 Å². The van der Waals surface area contributed by atoms with Gasteiger partial charge in [-0.1, -0.05) is 17.4 Å². The van der Waals surface area contributed by atoms with Crippen LogP contribution in [0.5, 0.6) is 0 Å². The fourth-order valence-corrected chi connectivity index (χ4v) is 4.99. The highest BCUT2D eigenvalue weighted by Crippen LogP contribution is 2.35. The van der Waals surface area contributed by atoms with Gasteiger partial charge in [-0.15, -0.1) is 0 Å². The first-order valence-electron chi connectivity index (χ1n) is 11.1. The van der Waals surface area contributed by atoms with Crippen LogP contribution in [0.4, 0.5) is 25.3 Å². The van der Waals surface area contributed by atoms with E-state index in [4.69, 9.17) is 10.5 Å². The maximum Gasteiger partial charge on any atom is 0.277 e. The summed E-state index contributed by atoms with van der Waals surface area (Å²) in [6, 6.07) is 3.55. The van der Waals surface area contributed by atoms with E-state index in [1.165, 1.54) is 6.07 Å². The standard InChI is InChI=1S/C22H25F2N7O2S/c23-14-3-1-4-15(24)17(14)21-29-18(19(25)34-21)20(32)28-16-9-27-31(10-13-11-33-12-13)22(16)30-7-2-5-26-6-8-30/h1,3-4,9,13,26H,2,5-8,10-12,25H2,(H,28,32). The number of aromatic nitrogens is 3. The van der Waals surface area contributed by atoms with Crippen LogP contribution in [0, 0.1) is 17.6 Å². The Kier molecular flexibility index (Phi) is 6.44. The maximum absolute atomic E-state index is 14.2. The molecule has 34 heavy (non-hydrogen) atoms. The van der Waals surface area contributed by atoms with Gasteiger partial charge in [0.2, 0.25) is 0 Å². The van der Waals surface area contributed by atoms with Crippen LogP contribution in [0.1, 0.15) is 16.9 Å². The number of carbonyl (C=O) groups excluding carboxylic acids is 1. The predicted octanol–water partition coefficient (Wildman–Crippen LogP) is 2.57. The third-order valence-corrected chi connectivity index (χ3v) is 6.78. The molecule has 4 N–H and O–H groups in total. The third kappa shape index (κ3) is 4.48. The Morgan fingerprint density at radius 2 is 2.06 bits per heavy atom. The molecule has 5 rings (SSSR count). The van der Waals surface area contributed by atoms with Gasteiger partial charge in [0.1, 0.15) is 27.3 Å². The summed E-state index contributed by atoms with van der Waals surface area (Å²) in [4.78, 5) is 19.5. The summed E-state index contributed by atoms with van der Waals surface area (Å²) in [7, 11) is 0. The number of nitrogens with two attached hydrogens (primary N) is 1. The molecule has 0 atom stereocenters. The van der Waals surface area contributed by atoms with E-state index in [1.54, 1.807) is 6.20 Å². The van der Waals surface area contributed by atoms with E-state index in [0.717, 1.165) is 61.9 Å². The molecule has 0 spiro atoms. The van der Waals surface area contributed by atoms with Crippen molar-refractivity contribution in [2.75, 3.05) is 55.3 Å². The number of amides is 1. The minimum absolute atomic E-state index is 0.0118. The fraction of sp³-hybridized carbons (Fsp3) is 0.409. The normalized spacial score (nSPS) is 16.8. The lowest BCUT2D eigenvalue weighted by Crippen LogP contribution is -2.35. The number of nitrogens with one attached hydrogen (secondary N) is 2. The van der Waals surface area contributed by atoms with E-state index in [0.29, 0.717) is 31.4 Å². The van der Waals surface area contributed by atoms with Crippen molar-refractivity contribution in [3.05, 3.63) is 41.7 Å². The quantitative estimate of drug-likeness (QED) is 0.488. The van der Waals surface area contributed by atoms with Gasteiger partial charge in [-0.05, 0) is 25.1 Å². The second-order valence-corrected chi connectivity index (χ2v) is 9.37. The zero-order valence-electron chi connectivity index (χ0n) is 18.4. The Balaban J connectivity index is 1.43. The van der Waals surface area contributed by atoms with Gasteiger partial charge in [-0.3, -0.25) is 4.79 Å². The Hall–Kier alpha value is -3.09. The van der Waals surface area contributed by atoms with Gasteiger partial charge in [-0.25, -0.2) is 18.4 Å². The number of benzene rings is 1. The topological polar surface area (TPSA) is 110 Å². The first-order valence-corrected chi connectivity index (χ1v) is 11.9. The van der Waals surface area contributed by atoms with Crippen LogP contribution in [-0.2, 0) is 11.3 Å². The molecule has 0 unspecified atom stereocenters. The first kappa shape index (κ1) is 22.7. The molecule has 180 valence electrons. The molecule has 0 radical (unpaired) electrons. The molecule has 0 aliphatic carbocycles. The van der Waals surface area contributed by atoms with Gasteiger partial charge in [-0.2, -0.15) is 5.10 Å². The molecule has 9 nitrogen and oxygen atoms in total. The van der Waals surface area contributed by atoms with E-state index in [-0.39, 0.29) is 21.3 Å². The molecule has 1 amide bonds. The van der Waals surface area contributed by atoms with Crippen LogP contribution in [0.15, 0.2) is 24.4 Å². The Morgan fingerprint density at radius 1 is 1.26 bits per heavy atom. The highest BCUT2D eigenvalue weighted by Gasteiger charge is 2.27. The first-order chi connectivity index (χ1) is 16.5. The van der Waals surface area contributed by atoms with E-state index in [1.807, 2.05) is 4.68 Å².